The number of rotatable bonds is 8. The normalized spacial score (nSPS) is 22.6. The second-order valence-electron chi connectivity index (χ2n) is 11.2. The maximum atomic E-state index is 12.1. The summed E-state index contributed by atoms with van der Waals surface area (Å²) >= 11 is 1.58. The topological polar surface area (TPSA) is 109 Å². The van der Waals surface area contributed by atoms with Crippen LogP contribution < -0.4 is 4.74 Å². The molecule has 2 saturated heterocycles. The average Bonchev–Trinajstić information content (AvgIpc) is 3.77. The van der Waals surface area contributed by atoms with Crippen LogP contribution in [0.25, 0.3) is 27.3 Å². The highest BCUT2D eigenvalue weighted by Gasteiger charge is 2.48. The highest BCUT2D eigenvalue weighted by molar-refractivity contribution is 7.15. The van der Waals surface area contributed by atoms with Crippen molar-refractivity contribution in [3.8, 4) is 27.6 Å². The molecule has 0 radical (unpaired) electrons. The largest absolute Gasteiger partial charge is 0.492 e. The minimum absolute atomic E-state index is 0.145. The number of aliphatic imine (C=N–C) groups is 1. The molecule has 43 heavy (non-hydrogen) atoms. The van der Waals surface area contributed by atoms with E-state index in [0.717, 1.165) is 76.0 Å². The van der Waals surface area contributed by atoms with Crippen molar-refractivity contribution in [2.45, 2.75) is 38.0 Å². The Morgan fingerprint density at radius 3 is 2.81 bits per heavy atom. The lowest BCUT2D eigenvalue weighted by Gasteiger charge is -2.33. The summed E-state index contributed by atoms with van der Waals surface area (Å²) in [4.78, 5) is 27.0. The van der Waals surface area contributed by atoms with Crippen LogP contribution in [0.3, 0.4) is 0 Å². The molecular formula is C31H34N8O3S. The number of nitrogens with zero attached hydrogens (tertiary/aromatic N) is 8. The maximum absolute atomic E-state index is 12.1. The summed E-state index contributed by atoms with van der Waals surface area (Å²) in [6.45, 7) is 5.88. The first-order chi connectivity index (χ1) is 21.0. The van der Waals surface area contributed by atoms with Gasteiger partial charge in [-0.05, 0) is 32.3 Å². The first-order valence-electron chi connectivity index (χ1n) is 14.7. The molecule has 3 aromatic heterocycles. The summed E-state index contributed by atoms with van der Waals surface area (Å²) in [7, 11) is 1.85. The van der Waals surface area contributed by atoms with Crippen LogP contribution in [-0.2, 0) is 15.2 Å². The minimum Gasteiger partial charge on any atom is -0.492 e. The number of carbonyl (C=O) groups is 1. The number of carbonyl (C=O) groups excluding carboxylic acids is 1. The molecule has 7 rings (SSSR count). The van der Waals surface area contributed by atoms with Crippen molar-refractivity contribution in [1.29, 1.82) is 0 Å². The number of benzene rings is 1. The summed E-state index contributed by atoms with van der Waals surface area (Å²) in [6, 6.07) is 14.1. The van der Waals surface area contributed by atoms with Crippen LogP contribution in [-0.4, -0.2) is 89.2 Å². The van der Waals surface area contributed by atoms with E-state index in [9.17, 15) is 4.79 Å². The molecule has 4 aromatic rings. The molecule has 1 aromatic carbocycles. The van der Waals surface area contributed by atoms with Gasteiger partial charge in [0.05, 0.1) is 33.9 Å². The Bertz CT molecular complexity index is 1680. The van der Waals surface area contributed by atoms with Gasteiger partial charge in [-0.1, -0.05) is 30.3 Å². The minimum atomic E-state index is -0.961. The van der Waals surface area contributed by atoms with E-state index in [1.807, 2.05) is 55.0 Å². The molecule has 3 aliphatic rings. The van der Waals surface area contributed by atoms with E-state index in [1.54, 1.807) is 16.2 Å². The lowest BCUT2D eigenvalue weighted by atomic mass is 9.93. The maximum Gasteiger partial charge on any atom is 0.236 e. The predicted molar refractivity (Wildman–Crippen MR) is 165 cm³/mol. The summed E-state index contributed by atoms with van der Waals surface area (Å²) in [5.74, 6) is 0.891. The number of amides is 1. The number of ether oxygens (including phenoxy) is 2. The summed E-state index contributed by atoms with van der Waals surface area (Å²) in [5.41, 5.74) is 3.59. The highest BCUT2D eigenvalue weighted by Crippen LogP contribution is 2.49. The van der Waals surface area contributed by atoms with Gasteiger partial charge in [-0.15, -0.1) is 21.6 Å². The number of piperazine rings is 1. The molecule has 2 atom stereocenters. The van der Waals surface area contributed by atoms with Gasteiger partial charge < -0.3 is 14.4 Å². The molecule has 0 spiro atoms. The van der Waals surface area contributed by atoms with Gasteiger partial charge in [0, 0.05) is 51.1 Å². The van der Waals surface area contributed by atoms with Crippen LogP contribution in [0.2, 0.25) is 0 Å². The molecule has 222 valence electrons. The third kappa shape index (κ3) is 5.23. The Hall–Kier alpha value is -4.00. The number of azo groups is 1. The van der Waals surface area contributed by atoms with Gasteiger partial charge in [0.1, 0.15) is 29.8 Å². The molecule has 6 heterocycles. The van der Waals surface area contributed by atoms with Crippen LogP contribution in [0, 0.1) is 6.92 Å². The van der Waals surface area contributed by atoms with Gasteiger partial charge >= 0.3 is 0 Å². The third-order valence-corrected chi connectivity index (χ3v) is 9.55. The Labute approximate surface area is 253 Å². The van der Waals surface area contributed by atoms with Crippen LogP contribution in [0.5, 0.6) is 5.75 Å². The number of aromatic nitrogens is 3. The van der Waals surface area contributed by atoms with Crippen molar-refractivity contribution in [2.75, 3.05) is 46.4 Å². The Balaban J connectivity index is 1.24. The van der Waals surface area contributed by atoms with E-state index in [4.69, 9.17) is 29.7 Å². The molecule has 12 heteroatoms. The van der Waals surface area contributed by atoms with Crippen LogP contribution in [0.1, 0.15) is 29.8 Å². The van der Waals surface area contributed by atoms with Gasteiger partial charge in [0.25, 0.3) is 0 Å². The van der Waals surface area contributed by atoms with Gasteiger partial charge in [0.15, 0.2) is 0 Å². The fourth-order valence-electron chi connectivity index (χ4n) is 5.97. The van der Waals surface area contributed by atoms with Crippen molar-refractivity contribution in [3.63, 3.8) is 0 Å². The van der Waals surface area contributed by atoms with Crippen molar-refractivity contribution in [2.24, 2.45) is 15.2 Å². The summed E-state index contributed by atoms with van der Waals surface area (Å²) in [6.07, 6.45) is 6.20. The lowest BCUT2D eigenvalue weighted by molar-refractivity contribution is -0.134. The van der Waals surface area contributed by atoms with Gasteiger partial charge in [0.2, 0.25) is 11.6 Å². The van der Waals surface area contributed by atoms with E-state index in [0.29, 0.717) is 26.3 Å². The van der Waals surface area contributed by atoms with E-state index < -0.39 is 5.66 Å². The zero-order chi connectivity index (χ0) is 29.4. The number of hydrogen-bond acceptors (Lipinski definition) is 10. The highest BCUT2D eigenvalue weighted by atomic mass is 32.1. The van der Waals surface area contributed by atoms with Crippen molar-refractivity contribution in [3.05, 3.63) is 59.2 Å². The van der Waals surface area contributed by atoms with E-state index in [2.05, 4.69) is 22.1 Å². The SMILES string of the molecule is Cc1nn2ccc(OCCN3CCN(C)C(=O)C3)cc2c1-c1nc(-c2ccccc2)c(C2(C3CCCCO3)N=CN=N2)s1. The first-order valence-corrected chi connectivity index (χ1v) is 15.6. The summed E-state index contributed by atoms with van der Waals surface area (Å²) in [5, 5.41) is 14.6. The zero-order valence-electron chi connectivity index (χ0n) is 24.3. The number of fused-ring (bicyclic) bond motifs is 1. The van der Waals surface area contributed by atoms with Gasteiger partial charge in [-0.2, -0.15) is 5.10 Å². The van der Waals surface area contributed by atoms with Crippen LogP contribution in [0.4, 0.5) is 0 Å². The van der Waals surface area contributed by atoms with Gasteiger partial charge in [-0.3, -0.25) is 9.69 Å². The molecular weight excluding hydrogens is 564 g/mol. The van der Waals surface area contributed by atoms with E-state index in [1.165, 1.54) is 6.34 Å². The molecule has 3 aliphatic heterocycles. The fraction of sp³-hybridized carbons (Fsp3) is 0.419. The van der Waals surface area contributed by atoms with E-state index >= 15 is 0 Å². The standard InChI is InChI=1S/C31H34N8O3S/c1-21-27(24-18-23(11-12-39(24)35-21)41-17-15-38-14-13-37(2)26(40)19-38)30-34-28(22-8-4-3-5-9-22)29(43-30)31(32-20-33-36-31)25-10-6-7-16-42-25/h3-5,8-9,11-12,18,20,25H,6-7,10,13-17,19H2,1-2H3. The summed E-state index contributed by atoms with van der Waals surface area (Å²) < 4.78 is 14.3. The second-order valence-corrected chi connectivity index (χ2v) is 12.2. The molecule has 1 amide bonds. The quantitative estimate of drug-likeness (QED) is 0.288. The van der Waals surface area contributed by atoms with Gasteiger partial charge in [-0.25, -0.2) is 14.5 Å². The number of likely N-dealkylation sites (N-methyl/N-ethyl adjacent to an activating group) is 1. The smallest absolute Gasteiger partial charge is 0.236 e. The van der Waals surface area contributed by atoms with Crippen molar-refractivity contribution < 1.29 is 14.3 Å². The number of aryl methyl sites for hydroxylation is 1. The molecule has 11 nitrogen and oxygen atoms in total. The Kier molecular flexibility index (Phi) is 7.50. The molecule has 0 N–H and O–H groups in total. The monoisotopic (exact) mass is 598 g/mol. The fourth-order valence-corrected chi connectivity index (χ4v) is 7.29. The first kappa shape index (κ1) is 27.8. The molecule has 2 fully saturated rings. The molecule has 0 aliphatic carbocycles. The number of hydrogen-bond donors (Lipinski definition) is 0. The average molecular weight is 599 g/mol. The van der Waals surface area contributed by atoms with Crippen molar-refractivity contribution >= 4 is 29.1 Å². The molecule has 0 bridgehead atoms. The lowest BCUT2D eigenvalue weighted by Crippen LogP contribution is -2.49. The number of pyridine rings is 1. The Morgan fingerprint density at radius 2 is 2.05 bits per heavy atom. The van der Waals surface area contributed by atoms with Crippen LogP contribution in [0.15, 0.2) is 63.9 Å². The Morgan fingerprint density at radius 1 is 1.16 bits per heavy atom. The number of thiazole rings is 1. The third-order valence-electron chi connectivity index (χ3n) is 8.36. The second kappa shape index (κ2) is 11.6. The van der Waals surface area contributed by atoms with Crippen LogP contribution >= 0.6 is 11.3 Å². The van der Waals surface area contributed by atoms with E-state index in [-0.39, 0.29) is 12.0 Å². The predicted octanol–water partition coefficient (Wildman–Crippen LogP) is 4.80. The molecule has 0 saturated carbocycles. The zero-order valence-corrected chi connectivity index (χ0v) is 25.2. The molecule has 2 unspecified atom stereocenters. The van der Waals surface area contributed by atoms with Crippen molar-refractivity contribution in [1.82, 2.24) is 24.4 Å².